The number of aryl methyl sites for hydroxylation is 1. The van der Waals surface area contributed by atoms with Crippen molar-refractivity contribution in [3.63, 3.8) is 0 Å². The Morgan fingerprint density at radius 2 is 1.95 bits per heavy atom. The molecular formula is C17H17N3O. The Bertz CT molecular complexity index is 777. The van der Waals surface area contributed by atoms with Gasteiger partial charge in [0.15, 0.2) is 0 Å². The Kier molecular flexibility index (Phi) is 3.44. The zero-order chi connectivity index (χ0) is 14.8. The number of amides is 1. The van der Waals surface area contributed by atoms with Crippen LogP contribution >= 0.6 is 0 Å². The topological polar surface area (TPSA) is 46.9 Å². The lowest BCUT2D eigenvalue weighted by Gasteiger charge is -2.14. The first-order valence-electron chi connectivity index (χ1n) is 6.92. The number of imidazole rings is 1. The van der Waals surface area contributed by atoms with Gasteiger partial charge in [-0.2, -0.15) is 0 Å². The van der Waals surface area contributed by atoms with Crippen LogP contribution in [0.1, 0.15) is 28.9 Å². The Morgan fingerprint density at radius 1 is 1.19 bits per heavy atom. The van der Waals surface area contributed by atoms with Gasteiger partial charge >= 0.3 is 0 Å². The molecule has 3 rings (SSSR count). The molecule has 1 heterocycles. The van der Waals surface area contributed by atoms with E-state index in [2.05, 4.69) is 10.3 Å². The van der Waals surface area contributed by atoms with Gasteiger partial charge in [-0.15, -0.1) is 0 Å². The van der Waals surface area contributed by atoms with E-state index in [-0.39, 0.29) is 11.9 Å². The monoisotopic (exact) mass is 279 g/mol. The van der Waals surface area contributed by atoms with Crippen LogP contribution in [0.2, 0.25) is 0 Å². The van der Waals surface area contributed by atoms with Gasteiger partial charge in [0.2, 0.25) is 0 Å². The van der Waals surface area contributed by atoms with Crippen LogP contribution < -0.4 is 5.32 Å². The third kappa shape index (κ3) is 2.65. The lowest BCUT2D eigenvalue weighted by Crippen LogP contribution is -2.26. The number of carbonyl (C=O) groups excluding carboxylic acids is 1. The van der Waals surface area contributed by atoms with Gasteiger partial charge in [0, 0.05) is 12.6 Å². The van der Waals surface area contributed by atoms with Crippen molar-refractivity contribution in [2.75, 3.05) is 0 Å². The zero-order valence-electron chi connectivity index (χ0n) is 12.1. The van der Waals surface area contributed by atoms with Crippen LogP contribution in [0.4, 0.5) is 0 Å². The fraction of sp³-hybridized carbons (Fsp3) is 0.176. The second kappa shape index (κ2) is 5.40. The van der Waals surface area contributed by atoms with Gasteiger partial charge in [-0.1, -0.05) is 30.3 Å². The van der Waals surface area contributed by atoms with Crippen molar-refractivity contribution in [2.45, 2.75) is 13.0 Å². The highest BCUT2D eigenvalue weighted by atomic mass is 16.1. The van der Waals surface area contributed by atoms with Crippen LogP contribution in [0.3, 0.4) is 0 Å². The van der Waals surface area contributed by atoms with Crippen LogP contribution in [0.5, 0.6) is 0 Å². The van der Waals surface area contributed by atoms with E-state index in [0.717, 1.165) is 16.6 Å². The molecule has 4 heteroatoms. The maximum Gasteiger partial charge on any atom is 0.251 e. The summed E-state index contributed by atoms with van der Waals surface area (Å²) >= 11 is 0. The normalized spacial score (nSPS) is 12.3. The molecule has 1 N–H and O–H groups in total. The standard InChI is InChI=1S/C17H17N3O/c1-12(13-6-4-3-5-7-13)19-17(21)14-8-9-16-15(10-14)18-11-20(16)2/h3-12H,1-2H3,(H,19,21). The van der Waals surface area contributed by atoms with Crippen LogP contribution in [-0.4, -0.2) is 15.5 Å². The Hall–Kier alpha value is -2.62. The van der Waals surface area contributed by atoms with Crippen LogP contribution in [0.25, 0.3) is 11.0 Å². The molecule has 21 heavy (non-hydrogen) atoms. The number of nitrogens with zero attached hydrogens (tertiary/aromatic N) is 2. The summed E-state index contributed by atoms with van der Waals surface area (Å²) in [6.45, 7) is 1.98. The molecule has 0 fully saturated rings. The van der Waals surface area contributed by atoms with Crippen molar-refractivity contribution in [1.82, 2.24) is 14.9 Å². The quantitative estimate of drug-likeness (QED) is 0.801. The third-order valence-corrected chi connectivity index (χ3v) is 3.63. The molecule has 0 radical (unpaired) electrons. The predicted octanol–water partition coefficient (Wildman–Crippen LogP) is 3.06. The smallest absolute Gasteiger partial charge is 0.251 e. The number of nitrogens with one attached hydrogen (secondary N) is 1. The van der Waals surface area contributed by atoms with E-state index in [9.17, 15) is 4.79 Å². The van der Waals surface area contributed by atoms with Crippen molar-refractivity contribution >= 4 is 16.9 Å². The number of rotatable bonds is 3. The Labute approximate surface area is 123 Å². The summed E-state index contributed by atoms with van der Waals surface area (Å²) in [5.41, 5.74) is 3.56. The second-order valence-electron chi connectivity index (χ2n) is 5.16. The van der Waals surface area contributed by atoms with E-state index in [1.807, 2.05) is 67.1 Å². The molecule has 1 aromatic heterocycles. The largest absolute Gasteiger partial charge is 0.346 e. The third-order valence-electron chi connectivity index (χ3n) is 3.63. The molecule has 2 aromatic carbocycles. The Morgan fingerprint density at radius 3 is 2.71 bits per heavy atom. The summed E-state index contributed by atoms with van der Waals surface area (Å²) in [6, 6.07) is 15.5. The lowest BCUT2D eigenvalue weighted by atomic mass is 10.1. The number of hydrogen-bond donors (Lipinski definition) is 1. The van der Waals surface area contributed by atoms with Crippen molar-refractivity contribution in [1.29, 1.82) is 0 Å². The van der Waals surface area contributed by atoms with Crippen molar-refractivity contribution in [3.8, 4) is 0 Å². The molecule has 3 aromatic rings. The number of hydrogen-bond acceptors (Lipinski definition) is 2. The first kappa shape index (κ1) is 13.4. The fourth-order valence-corrected chi connectivity index (χ4v) is 2.38. The summed E-state index contributed by atoms with van der Waals surface area (Å²) in [5.74, 6) is -0.0843. The average Bonchev–Trinajstić information content (AvgIpc) is 2.89. The molecule has 1 unspecified atom stereocenters. The number of aromatic nitrogens is 2. The highest BCUT2D eigenvalue weighted by Gasteiger charge is 2.12. The SMILES string of the molecule is CC(NC(=O)c1ccc2c(c1)ncn2C)c1ccccc1. The van der Waals surface area contributed by atoms with Crippen LogP contribution in [-0.2, 0) is 7.05 Å². The van der Waals surface area contributed by atoms with Crippen LogP contribution in [0, 0.1) is 0 Å². The van der Waals surface area contributed by atoms with Crippen LogP contribution in [0.15, 0.2) is 54.9 Å². The number of carbonyl (C=O) groups is 1. The van der Waals surface area contributed by atoms with E-state index >= 15 is 0 Å². The molecule has 106 valence electrons. The number of fused-ring (bicyclic) bond motifs is 1. The molecule has 1 atom stereocenters. The molecule has 0 aliphatic carbocycles. The summed E-state index contributed by atoms with van der Waals surface area (Å²) < 4.78 is 1.93. The van der Waals surface area contributed by atoms with E-state index < -0.39 is 0 Å². The van der Waals surface area contributed by atoms with Gasteiger partial charge in [-0.3, -0.25) is 4.79 Å². The Balaban J connectivity index is 1.80. The van der Waals surface area contributed by atoms with Gasteiger partial charge in [0.05, 0.1) is 23.4 Å². The van der Waals surface area contributed by atoms with E-state index in [1.54, 1.807) is 6.33 Å². The summed E-state index contributed by atoms with van der Waals surface area (Å²) in [7, 11) is 1.94. The minimum Gasteiger partial charge on any atom is -0.346 e. The average molecular weight is 279 g/mol. The first-order valence-corrected chi connectivity index (χ1v) is 6.92. The summed E-state index contributed by atoms with van der Waals surface area (Å²) in [4.78, 5) is 16.6. The molecule has 0 bridgehead atoms. The van der Waals surface area contributed by atoms with Gasteiger partial charge < -0.3 is 9.88 Å². The maximum absolute atomic E-state index is 12.3. The van der Waals surface area contributed by atoms with Crippen molar-refractivity contribution in [2.24, 2.45) is 7.05 Å². The summed E-state index contributed by atoms with van der Waals surface area (Å²) in [5, 5.41) is 3.01. The van der Waals surface area contributed by atoms with E-state index in [1.165, 1.54) is 0 Å². The summed E-state index contributed by atoms with van der Waals surface area (Å²) in [6.07, 6.45) is 1.75. The first-order chi connectivity index (χ1) is 10.1. The zero-order valence-corrected chi connectivity index (χ0v) is 12.1. The second-order valence-corrected chi connectivity index (χ2v) is 5.16. The van der Waals surface area contributed by atoms with E-state index in [4.69, 9.17) is 0 Å². The fourth-order valence-electron chi connectivity index (χ4n) is 2.38. The van der Waals surface area contributed by atoms with E-state index in [0.29, 0.717) is 5.56 Å². The highest BCUT2D eigenvalue weighted by molar-refractivity contribution is 5.97. The van der Waals surface area contributed by atoms with Gasteiger partial charge in [-0.05, 0) is 30.7 Å². The molecule has 0 saturated heterocycles. The molecule has 4 nitrogen and oxygen atoms in total. The number of benzene rings is 2. The van der Waals surface area contributed by atoms with Gasteiger partial charge in [0.1, 0.15) is 0 Å². The van der Waals surface area contributed by atoms with Gasteiger partial charge in [-0.25, -0.2) is 4.98 Å². The minimum absolute atomic E-state index is 0.0295. The molecule has 0 spiro atoms. The predicted molar refractivity (Wildman–Crippen MR) is 83.0 cm³/mol. The molecule has 0 aliphatic rings. The molecule has 1 amide bonds. The molecular weight excluding hydrogens is 262 g/mol. The molecule has 0 saturated carbocycles. The highest BCUT2D eigenvalue weighted by Crippen LogP contribution is 2.16. The van der Waals surface area contributed by atoms with Gasteiger partial charge in [0.25, 0.3) is 5.91 Å². The lowest BCUT2D eigenvalue weighted by molar-refractivity contribution is 0.0940. The van der Waals surface area contributed by atoms with Crippen molar-refractivity contribution < 1.29 is 4.79 Å². The maximum atomic E-state index is 12.3. The minimum atomic E-state index is -0.0843. The van der Waals surface area contributed by atoms with Crippen molar-refractivity contribution in [3.05, 3.63) is 66.0 Å². The molecule has 0 aliphatic heterocycles.